The van der Waals surface area contributed by atoms with E-state index in [1.54, 1.807) is 0 Å². The van der Waals surface area contributed by atoms with Crippen molar-refractivity contribution in [2.45, 2.75) is 26.3 Å². The first-order chi connectivity index (χ1) is 8.29. The summed E-state index contributed by atoms with van der Waals surface area (Å²) in [6.07, 6.45) is 3.71. The van der Waals surface area contributed by atoms with Gasteiger partial charge in [0.25, 0.3) is 0 Å². The van der Waals surface area contributed by atoms with Gasteiger partial charge in [0.1, 0.15) is 0 Å². The van der Waals surface area contributed by atoms with Gasteiger partial charge in [-0.15, -0.1) is 0 Å². The number of Topliss-reactive ketones (excluding diaryl/α,β-unsaturated/α-hetero) is 1. The first kappa shape index (κ1) is 12.1. The molecule has 0 fully saturated rings. The van der Waals surface area contributed by atoms with E-state index in [2.05, 4.69) is 35.2 Å². The second-order valence-electron chi connectivity index (χ2n) is 4.49. The number of ketones is 1. The molecule has 0 bridgehead atoms. The van der Waals surface area contributed by atoms with Crippen LogP contribution in [0, 0.1) is 0 Å². The molecular weight excluding hydrogens is 210 g/mol. The molecule has 0 aromatic heterocycles. The summed E-state index contributed by atoms with van der Waals surface area (Å²) in [4.78, 5) is 14.0. The molecule has 2 rings (SSSR count). The van der Waals surface area contributed by atoms with Crippen LogP contribution in [0.4, 0.5) is 0 Å². The Bertz CT molecular complexity index is 408. The SMILES string of the molecule is CCC(=O)C1=CCCN(Cc2ccccc2)C1. The third-order valence-corrected chi connectivity index (χ3v) is 3.16. The average molecular weight is 229 g/mol. The Hall–Kier alpha value is -1.41. The standard InChI is InChI=1S/C15H19NO/c1-2-15(17)14-9-6-10-16(12-14)11-13-7-4-3-5-8-13/h3-5,7-9H,2,6,10-12H2,1H3. The summed E-state index contributed by atoms with van der Waals surface area (Å²) in [5, 5.41) is 0. The Labute approximate surface area is 103 Å². The van der Waals surface area contributed by atoms with E-state index >= 15 is 0 Å². The summed E-state index contributed by atoms with van der Waals surface area (Å²) in [5.41, 5.74) is 2.31. The summed E-state index contributed by atoms with van der Waals surface area (Å²) in [5.74, 6) is 0.294. The molecule has 17 heavy (non-hydrogen) atoms. The van der Waals surface area contributed by atoms with Crippen LogP contribution in [0.25, 0.3) is 0 Å². The van der Waals surface area contributed by atoms with Gasteiger partial charge in [0, 0.05) is 31.6 Å². The normalized spacial score (nSPS) is 16.6. The maximum atomic E-state index is 11.7. The number of carbonyl (C=O) groups is 1. The third-order valence-electron chi connectivity index (χ3n) is 3.16. The van der Waals surface area contributed by atoms with Crippen molar-refractivity contribution >= 4 is 5.78 Å². The van der Waals surface area contributed by atoms with Crippen molar-refractivity contribution in [3.05, 3.63) is 47.5 Å². The highest BCUT2D eigenvalue weighted by Gasteiger charge is 2.16. The zero-order chi connectivity index (χ0) is 12.1. The van der Waals surface area contributed by atoms with Crippen molar-refractivity contribution in [1.82, 2.24) is 4.90 Å². The molecule has 0 aliphatic carbocycles. The van der Waals surface area contributed by atoms with Gasteiger partial charge >= 0.3 is 0 Å². The molecule has 0 amide bonds. The zero-order valence-electron chi connectivity index (χ0n) is 10.4. The van der Waals surface area contributed by atoms with Gasteiger partial charge in [-0.3, -0.25) is 9.69 Å². The molecule has 2 nitrogen and oxygen atoms in total. The molecule has 1 aliphatic rings. The van der Waals surface area contributed by atoms with Crippen molar-refractivity contribution < 1.29 is 4.79 Å². The highest BCUT2D eigenvalue weighted by atomic mass is 16.1. The van der Waals surface area contributed by atoms with Crippen LogP contribution < -0.4 is 0 Å². The molecule has 2 heteroatoms. The predicted octanol–water partition coefficient (Wildman–Crippen LogP) is 2.80. The van der Waals surface area contributed by atoms with Crippen LogP contribution in [0.5, 0.6) is 0 Å². The summed E-state index contributed by atoms with van der Waals surface area (Å²) in [6.45, 7) is 4.73. The first-order valence-electron chi connectivity index (χ1n) is 6.28. The van der Waals surface area contributed by atoms with E-state index in [4.69, 9.17) is 0 Å². The Morgan fingerprint density at radius 2 is 2.06 bits per heavy atom. The lowest BCUT2D eigenvalue weighted by molar-refractivity contribution is -0.115. The lowest BCUT2D eigenvalue weighted by Crippen LogP contribution is -2.31. The molecule has 0 spiro atoms. The minimum atomic E-state index is 0.294. The van der Waals surface area contributed by atoms with Crippen LogP contribution in [0.1, 0.15) is 25.3 Å². The number of nitrogens with zero attached hydrogens (tertiary/aromatic N) is 1. The minimum absolute atomic E-state index is 0.294. The van der Waals surface area contributed by atoms with Gasteiger partial charge < -0.3 is 0 Å². The van der Waals surface area contributed by atoms with Gasteiger partial charge in [-0.2, -0.15) is 0 Å². The maximum Gasteiger partial charge on any atom is 0.159 e. The van der Waals surface area contributed by atoms with E-state index in [0.717, 1.165) is 31.6 Å². The number of hydrogen-bond donors (Lipinski definition) is 0. The number of benzene rings is 1. The van der Waals surface area contributed by atoms with E-state index < -0.39 is 0 Å². The zero-order valence-corrected chi connectivity index (χ0v) is 10.4. The largest absolute Gasteiger partial charge is 0.295 e. The monoisotopic (exact) mass is 229 g/mol. The van der Waals surface area contributed by atoms with Gasteiger partial charge in [-0.25, -0.2) is 0 Å². The average Bonchev–Trinajstić information content (AvgIpc) is 2.39. The van der Waals surface area contributed by atoms with E-state index in [-0.39, 0.29) is 0 Å². The van der Waals surface area contributed by atoms with E-state index in [1.165, 1.54) is 5.56 Å². The van der Waals surface area contributed by atoms with Crippen molar-refractivity contribution in [2.24, 2.45) is 0 Å². The van der Waals surface area contributed by atoms with Gasteiger partial charge in [-0.1, -0.05) is 43.3 Å². The van der Waals surface area contributed by atoms with Crippen LogP contribution in [-0.4, -0.2) is 23.8 Å². The van der Waals surface area contributed by atoms with E-state index in [9.17, 15) is 4.79 Å². The smallest absolute Gasteiger partial charge is 0.159 e. The fraction of sp³-hybridized carbons (Fsp3) is 0.400. The fourth-order valence-corrected chi connectivity index (χ4v) is 2.21. The van der Waals surface area contributed by atoms with Crippen LogP contribution in [0.15, 0.2) is 42.0 Å². The molecule has 1 aliphatic heterocycles. The molecule has 0 unspecified atom stereocenters. The van der Waals surface area contributed by atoms with Crippen LogP contribution in [0.2, 0.25) is 0 Å². The summed E-state index contributed by atoms with van der Waals surface area (Å²) in [6, 6.07) is 10.4. The first-order valence-corrected chi connectivity index (χ1v) is 6.28. The Morgan fingerprint density at radius 3 is 2.76 bits per heavy atom. The van der Waals surface area contributed by atoms with Gasteiger partial charge in [-0.05, 0) is 12.0 Å². The van der Waals surface area contributed by atoms with Gasteiger partial charge in [0.2, 0.25) is 0 Å². The van der Waals surface area contributed by atoms with E-state index in [0.29, 0.717) is 12.2 Å². The Kier molecular flexibility index (Phi) is 4.10. The summed E-state index contributed by atoms with van der Waals surface area (Å²) in [7, 11) is 0. The molecule has 0 saturated carbocycles. The van der Waals surface area contributed by atoms with Crippen LogP contribution >= 0.6 is 0 Å². The quantitative estimate of drug-likeness (QED) is 0.791. The fourth-order valence-electron chi connectivity index (χ4n) is 2.21. The molecule has 1 aromatic rings. The second-order valence-corrected chi connectivity index (χ2v) is 4.49. The van der Waals surface area contributed by atoms with Gasteiger partial charge in [0.15, 0.2) is 5.78 Å². The number of rotatable bonds is 4. The molecule has 0 radical (unpaired) electrons. The Balaban J connectivity index is 1.97. The Morgan fingerprint density at radius 1 is 1.29 bits per heavy atom. The predicted molar refractivity (Wildman–Crippen MR) is 69.7 cm³/mol. The maximum absolute atomic E-state index is 11.7. The second kappa shape index (κ2) is 5.78. The molecular formula is C15H19NO. The molecule has 0 atom stereocenters. The van der Waals surface area contributed by atoms with Crippen molar-refractivity contribution in [1.29, 1.82) is 0 Å². The number of carbonyl (C=O) groups excluding carboxylic acids is 1. The van der Waals surface area contributed by atoms with E-state index in [1.807, 2.05) is 13.0 Å². The molecule has 0 N–H and O–H groups in total. The van der Waals surface area contributed by atoms with Gasteiger partial charge in [0.05, 0.1) is 0 Å². The lowest BCUT2D eigenvalue weighted by Gasteiger charge is -2.26. The minimum Gasteiger partial charge on any atom is -0.295 e. The highest BCUT2D eigenvalue weighted by molar-refractivity contribution is 5.95. The van der Waals surface area contributed by atoms with Crippen LogP contribution in [-0.2, 0) is 11.3 Å². The van der Waals surface area contributed by atoms with Crippen molar-refractivity contribution in [3.8, 4) is 0 Å². The molecule has 1 heterocycles. The van der Waals surface area contributed by atoms with Crippen LogP contribution in [0.3, 0.4) is 0 Å². The summed E-state index contributed by atoms with van der Waals surface area (Å²) >= 11 is 0. The van der Waals surface area contributed by atoms with Crippen molar-refractivity contribution in [3.63, 3.8) is 0 Å². The lowest BCUT2D eigenvalue weighted by atomic mass is 10.0. The third kappa shape index (κ3) is 3.27. The molecule has 1 aromatic carbocycles. The van der Waals surface area contributed by atoms with Crippen molar-refractivity contribution in [2.75, 3.05) is 13.1 Å². The molecule has 0 saturated heterocycles. The molecule has 90 valence electrons. The number of hydrogen-bond acceptors (Lipinski definition) is 2. The highest BCUT2D eigenvalue weighted by Crippen LogP contribution is 2.14. The summed E-state index contributed by atoms with van der Waals surface area (Å²) < 4.78 is 0. The topological polar surface area (TPSA) is 20.3 Å².